The molecule has 0 spiro atoms. The van der Waals surface area contributed by atoms with Gasteiger partial charge < -0.3 is 9.84 Å². The molecule has 0 aliphatic rings. The monoisotopic (exact) mass is 343 g/mol. The van der Waals surface area contributed by atoms with E-state index >= 15 is 0 Å². The van der Waals surface area contributed by atoms with Crippen LogP contribution < -0.4 is 5.32 Å². The number of likely N-dealkylation sites (N-methyl/N-ethyl adjacent to an activating group) is 1. The first-order valence-electron chi connectivity index (χ1n) is 7.42. The maximum absolute atomic E-state index is 12.2. The zero-order valence-electron chi connectivity index (χ0n) is 13.3. The van der Waals surface area contributed by atoms with Crippen molar-refractivity contribution in [2.24, 2.45) is 0 Å². The van der Waals surface area contributed by atoms with E-state index < -0.39 is 0 Å². The fourth-order valence-corrected chi connectivity index (χ4v) is 2.60. The van der Waals surface area contributed by atoms with E-state index in [-0.39, 0.29) is 11.9 Å². The molecule has 8 heteroatoms. The maximum Gasteiger partial charge on any atom is 0.257 e. The van der Waals surface area contributed by atoms with Gasteiger partial charge in [0, 0.05) is 17.1 Å². The van der Waals surface area contributed by atoms with Gasteiger partial charge in [0.15, 0.2) is 11.0 Å². The summed E-state index contributed by atoms with van der Waals surface area (Å²) < 4.78 is 5.28. The molecule has 7 nitrogen and oxygen atoms in total. The van der Waals surface area contributed by atoms with E-state index in [1.165, 1.54) is 11.3 Å². The summed E-state index contributed by atoms with van der Waals surface area (Å²) in [4.78, 5) is 22.5. The number of hydrogen-bond acceptors (Lipinski definition) is 7. The number of amides is 1. The fourth-order valence-electron chi connectivity index (χ4n) is 2.07. The van der Waals surface area contributed by atoms with Gasteiger partial charge in [-0.3, -0.25) is 9.69 Å². The number of aromatic nitrogens is 3. The third kappa shape index (κ3) is 3.84. The topological polar surface area (TPSA) is 84.2 Å². The van der Waals surface area contributed by atoms with Crippen molar-refractivity contribution in [3.8, 4) is 11.5 Å². The van der Waals surface area contributed by atoms with Crippen molar-refractivity contribution in [3.05, 3.63) is 47.7 Å². The molecule has 1 N–H and O–H groups in total. The summed E-state index contributed by atoms with van der Waals surface area (Å²) in [5.74, 6) is 0.878. The molecule has 2 aromatic heterocycles. The minimum absolute atomic E-state index is 0.126. The molecule has 1 aromatic carbocycles. The first-order chi connectivity index (χ1) is 11.6. The van der Waals surface area contributed by atoms with Crippen LogP contribution in [0.4, 0.5) is 5.13 Å². The lowest BCUT2D eigenvalue weighted by molar-refractivity contribution is -0.120. The van der Waals surface area contributed by atoms with Crippen LogP contribution in [0.5, 0.6) is 0 Å². The molecule has 0 saturated heterocycles. The van der Waals surface area contributed by atoms with Crippen LogP contribution in [0.15, 0.2) is 46.4 Å². The molecule has 124 valence electrons. The number of carbonyl (C=O) groups is 1. The van der Waals surface area contributed by atoms with Gasteiger partial charge in [-0.1, -0.05) is 23.4 Å². The van der Waals surface area contributed by atoms with Crippen molar-refractivity contribution in [1.29, 1.82) is 0 Å². The van der Waals surface area contributed by atoms with Gasteiger partial charge in [-0.25, -0.2) is 4.98 Å². The Balaban J connectivity index is 1.61. The van der Waals surface area contributed by atoms with E-state index in [4.69, 9.17) is 4.52 Å². The van der Waals surface area contributed by atoms with Crippen molar-refractivity contribution >= 4 is 22.4 Å². The highest BCUT2D eigenvalue weighted by Crippen LogP contribution is 2.17. The molecule has 1 atom stereocenters. The van der Waals surface area contributed by atoms with Crippen molar-refractivity contribution in [3.63, 3.8) is 0 Å². The SMILES string of the molecule is CC(C(=O)Nc1nccs1)N(C)Cc1noc(-c2ccccc2)n1. The lowest BCUT2D eigenvalue weighted by Gasteiger charge is -2.21. The van der Waals surface area contributed by atoms with Crippen LogP contribution in [0.2, 0.25) is 0 Å². The summed E-state index contributed by atoms with van der Waals surface area (Å²) in [5.41, 5.74) is 0.869. The molecule has 0 radical (unpaired) electrons. The Bertz CT molecular complexity index is 788. The van der Waals surface area contributed by atoms with E-state index in [0.29, 0.717) is 23.4 Å². The van der Waals surface area contributed by atoms with Crippen LogP contribution in [-0.2, 0) is 11.3 Å². The standard InChI is InChI=1S/C16H17N5O2S/c1-11(14(22)19-16-17-8-9-24-16)21(2)10-13-18-15(23-20-13)12-6-4-3-5-7-12/h3-9,11H,10H2,1-2H3,(H,17,19,22). The molecular weight excluding hydrogens is 326 g/mol. The molecule has 3 rings (SSSR count). The zero-order valence-corrected chi connectivity index (χ0v) is 14.2. The van der Waals surface area contributed by atoms with Gasteiger partial charge in [0.05, 0.1) is 12.6 Å². The van der Waals surface area contributed by atoms with Crippen LogP contribution in [-0.4, -0.2) is 39.0 Å². The Morgan fingerprint density at radius 2 is 2.17 bits per heavy atom. The quantitative estimate of drug-likeness (QED) is 0.741. The third-order valence-corrected chi connectivity index (χ3v) is 4.27. The summed E-state index contributed by atoms with van der Waals surface area (Å²) in [6.07, 6.45) is 1.65. The predicted molar refractivity (Wildman–Crippen MR) is 91.4 cm³/mol. The molecular formula is C16H17N5O2S. The molecule has 24 heavy (non-hydrogen) atoms. The van der Waals surface area contributed by atoms with Gasteiger partial charge >= 0.3 is 0 Å². The number of hydrogen-bond donors (Lipinski definition) is 1. The highest BCUT2D eigenvalue weighted by Gasteiger charge is 2.21. The van der Waals surface area contributed by atoms with Crippen LogP contribution in [0.3, 0.4) is 0 Å². The van der Waals surface area contributed by atoms with Crippen molar-refractivity contribution < 1.29 is 9.32 Å². The minimum atomic E-state index is -0.354. The van der Waals surface area contributed by atoms with E-state index in [0.717, 1.165) is 5.56 Å². The van der Waals surface area contributed by atoms with Crippen LogP contribution in [0.1, 0.15) is 12.7 Å². The molecule has 0 aliphatic carbocycles. The molecule has 0 aliphatic heterocycles. The maximum atomic E-state index is 12.2. The predicted octanol–water partition coefficient (Wildman–Crippen LogP) is 2.65. The number of benzene rings is 1. The first kappa shape index (κ1) is 16.3. The molecule has 0 bridgehead atoms. The highest BCUT2D eigenvalue weighted by molar-refractivity contribution is 7.13. The smallest absolute Gasteiger partial charge is 0.257 e. The van der Waals surface area contributed by atoms with Crippen molar-refractivity contribution in [2.45, 2.75) is 19.5 Å². The molecule has 0 fully saturated rings. The van der Waals surface area contributed by atoms with Gasteiger partial charge in [0.25, 0.3) is 5.89 Å². The van der Waals surface area contributed by atoms with Gasteiger partial charge in [0.2, 0.25) is 5.91 Å². The summed E-state index contributed by atoms with van der Waals surface area (Å²) in [6.45, 7) is 2.23. The van der Waals surface area contributed by atoms with Gasteiger partial charge in [-0.15, -0.1) is 11.3 Å². The second-order valence-corrected chi connectivity index (χ2v) is 6.19. The summed E-state index contributed by atoms with van der Waals surface area (Å²) in [7, 11) is 1.84. The summed E-state index contributed by atoms with van der Waals surface area (Å²) >= 11 is 1.38. The van der Waals surface area contributed by atoms with Gasteiger partial charge in [-0.2, -0.15) is 4.98 Å². The molecule has 3 aromatic rings. The lowest BCUT2D eigenvalue weighted by atomic mass is 10.2. The van der Waals surface area contributed by atoms with E-state index in [1.54, 1.807) is 6.20 Å². The highest BCUT2D eigenvalue weighted by atomic mass is 32.1. The Morgan fingerprint density at radius 1 is 1.38 bits per heavy atom. The number of anilines is 1. The lowest BCUT2D eigenvalue weighted by Crippen LogP contribution is -2.39. The molecule has 0 saturated carbocycles. The second kappa shape index (κ2) is 7.33. The Labute approximate surface area is 143 Å². The summed E-state index contributed by atoms with van der Waals surface area (Å²) in [5, 5.41) is 9.17. The second-order valence-electron chi connectivity index (χ2n) is 5.30. The van der Waals surface area contributed by atoms with Crippen molar-refractivity contribution in [1.82, 2.24) is 20.0 Å². The zero-order chi connectivity index (χ0) is 16.9. The van der Waals surface area contributed by atoms with Crippen LogP contribution in [0, 0.1) is 0 Å². The van der Waals surface area contributed by atoms with Gasteiger partial charge in [0.1, 0.15) is 0 Å². The third-order valence-electron chi connectivity index (χ3n) is 3.58. The number of rotatable bonds is 6. The van der Waals surface area contributed by atoms with E-state index in [9.17, 15) is 4.79 Å². The van der Waals surface area contributed by atoms with Crippen LogP contribution in [0.25, 0.3) is 11.5 Å². The average molecular weight is 343 g/mol. The molecule has 1 unspecified atom stereocenters. The summed E-state index contributed by atoms with van der Waals surface area (Å²) in [6, 6.07) is 9.22. The largest absolute Gasteiger partial charge is 0.334 e. The average Bonchev–Trinajstić information content (AvgIpc) is 3.27. The minimum Gasteiger partial charge on any atom is -0.334 e. The first-order valence-corrected chi connectivity index (χ1v) is 8.30. The van der Waals surface area contributed by atoms with Crippen LogP contribution >= 0.6 is 11.3 Å². The van der Waals surface area contributed by atoms with E-state index in [1.807, 2.05) is 54.6 Å². The number of nitrogens with one attached hydrogen (secondary N) is 1. The molecule has 1 amide bonds. The van der Waals surface area contributed by atoms with Crippen molar-refractivity contribution in [2.75, 3.05) is 12.4 Å². The Morgan fingerprint density at radius 3 is 2.88 bits per heavy atom. The van der Waals surface area contributed by atoms with Gasteiger partial charge in [-0.05, 0) is 26.1 Å². The number of carbonyl (C=O) groups excluding carboxylic acids is 1. The number of thiazole rings is 1. The number of nitrogens with zero attached hydrogens (tertiary/aromatic N) is 4. The fraction of sp³-hybridized carbons (Fsp3) is 0.250. The Kier molecular flexibility index (Phi) is 4.97. The molecule has 2 heterocycles. The Hall–Kier alpha value is -2.58. The van der Waals surface area contributed by atoms with E-state index in [2.05, 4.69) is 20.4 Å². The normalized spacial score (nSPS) is 12.3.